The molecule has 4 nitrogen and oxygen atoms in total. The van der Waals surface area contributed by atoms with Crippen molar-refractivity contribution in [3.63, 3.8) is 0 Å². The summed E-state index contributed by atoms with van der Waals surface area (Å²) in [6, 6.07) is 15.1. The van der Waals surface area contributed by atoms with Crippen LogP contribution in [0.5, 0.6) is 0 Å². The van der Waals surface area contributed by atoms with Gasteiger partial charge in [-0.25, -0.2) is 0 Å². The molecule has 0 aliphatic carbocycles. The predicted octanol–water partition coefficient (Wildman–Crippen LogP) is 3.98. The highest BCUT2D eigenvalue weighted by Crippen LogP contribution is 2.20. The molecule has 5 heteroatoms. The molecule has 24 heavy (non-hydrogen) atoms. The second kappa shape index (κ2) is 8.49. The highest BCUT2D eigenvalue weighted by molar-refractivity contribution is 6.31. The Morgan fingerprint density at radius 1 is 1.29 bits per heavy atom. The lowest BCUT2D eigenvalue weighted by atomic mass is 10.1. The van der Waals surface area contributed by atoms with Crippen LogP contribution in [0, 0.1) is 18.3 Å². The van der Waals surface area contributed by atoms with Crippen LogP contribution in [0.4, 0.5) is 5.69 Å². The van der Waals surface area contributed by atoms with Crippen molar-refractivity contribution in [3.8, 4) is 6.07 Å². The van der Waals surface area contributed by atoms with Gasteiger partial charge in [0.1, 0.15) is 0 Å². The molecule has 2 rings (SSSR count). The van der Waals surface area contributed by atoms with Crippen molar-refractivity contribution in [2.75, 3.05) is 18.4 Å². The monoisotopic (exact) mass is 341 g/mol. The van der Waals surface area contributed by atoms with Crippen molar-refractivity contribution in [2.24, 2.45) is 0 Å². The average molecular weight is 342 g/mol. The molecular weight excluding hydrogens is 322 g/mol. The number of carbonyl (C=O) groups excluding carboxylic acids is 1. The van der Waals surface area contributed by atoms with E-state index in [9.17, 15) is 10.1 Å². The van der Waals surface area contributed by atoms with E-state index in [4.69, 9.17) is 11.6 Å². The van der Waals surface area contributed by atoms with E-state index in [1.165, 1.54) is 0 Å². The number of nitriles is 1. The number of nitrogens with zero attached hydrogens (tertiary/aromatic N) is 2. The minimum absolute atomic E-state index is 0.100. The van der Waals surface area contributed by atoms with Crippen LogP contribution in [0.3, 0.4) is 0 Å². The molecule has 0 atom stereocenters. The lowest BCUT2D eigenvalue weighted by Gasteiger charge is -2.21. The summed E-state index contributed by atoms with van der Waals surface area (Å²) in [4.78, 5) is 14.3. The molecule has 0 saturated carbocycles. The fourth-order valence-electron chi connectivity index (χ4n) is 2.41. The van der Waals surface area contributed by atoms with Crippen molar-refractivity contribution in [1.82, 2.24) is 4.90 Å². The van der Waals surface area contributed by atoms with Crippen LogP contribution in [0.1, 0.15) is 23.6 Å². The van der Waals surface area contributed by atoms with Crippen LogP contribution in [0.2, 0.25) is 5.02 Å². The van der Waals surface area contributed by atoms with E-state index in [2.05, 4.69) is 11.4 Å². The smallest absolute Gasteiger partial charge is 0.238 e. The third-order valence-corrected chi connectivity index (χ3v) is 4.05. The first-order valence-corrected chi connectivity index (χ1v) is 8.17. The van der Waals surface area contributed by atoms with E-state index < -0.39 is 0 Å². The second-order valence-corrected chi connectivity index (χ2v) is 6.02. The largest absolute Gasteiger partial charge is 0.325 e. The van der Waals surface area contributed by atoms with Gasteiger partial charge in [0.25, 0.3) is 0 Å². The number of rotatable bonds is 6. The molecule has 0 saturated heterocycles. The van der Waals surface area contributed by atoms with Crippen LogP contribution >= 0.6 is 11.6 Å². The standard InChI is InChI=1S/C19H20ClN3O/c1-3-23(12-16-7-5-4-6-15(16)11-21)13-19(24)22-18-10-17(20)9-8-14(18)2/h4-10H,3,12-13H2,1-2H3,(H,22,24). The zero-order valence-electron chi connectivity index (χ0n) is 13.8. The van der Waals surface area contributed by atoms with Gasteiger partial charge < -0.3 is 5.32 Å². The minimum atomic E-state index is -0.100. The summed E-state index contributed by atoms with van der Waals surface area (Å²) in [6.45, 7) is 5.44. The number of halogens is 1. The Labute approximate surface area is 147 Å². The molecule has 1 N–H and O–H groups in total. The number of aryl methyl sites for hydroxylation is 1. The van der Waals surface area contributed by atoms with E-state index in [1.54, 1.807) is 18.2 Å². The third kappa shape index (κ3) is 4.82. The van der Waals surface area contributed by atoms with Crippen molar-refractivity contribution in [1.29, 1.82) is 5.26 Å². The first-order chi connectivity index (χ1) is 11.5. The number of hydrogen-bond donors (Lipinski definition) is 1. The lowest BCUT2D eigenvalue weighted by Crippen LogP contribution is -2.33. The topological polar surface area (TPSA) is 56.1 Å². The Bertz CT molecular complexity index is 767. The molecule has 0 spiro atoms. The molecule has 2 aromatic carbocycles. The number of likely N-dealkylation sites (N-methyl/N-ethyl adjacent to an activating group) is 1. The molecule has 0 heterocycles. The van der Waals surface area contributed by atoms with E-state index in [1.807, 2.05) is 43.0 Å². The van der Waals surface area contributed by atoms with Crippen molar-refractivity contribution in [2.45, 2.75) is 20.4 Å². The van der Waals surface area contributed by atoms with E-state index in [0.717, 1.165) is 16.8 Å². The van der Waals surface area contributed by atoms with Crippen LogP contribution < -0.4 is 5.32 Å². The fourth-order valence-corrected chi connectivity index (χ4v) is 2.58. The fraction of sp³-hybridized carbons (Fsp3) is 0.263. The van der Waals surface area contributed by atoms with Gasteiger partial charge in [0.2, 0.25) is 5.91 Å². The number of nitrogens with one attached hydrogen (secondary N) is 1. The number of amides is 1. The maximum atomic E-state index is 12.3. The van der Waals surface area contributed by atoms with Gasteiger partial charge in [-0.3, -0.25) is 9.69 Å². The average Bonchev–Trinajstić information content (AvgIpc) is 2.58. The normalized spacial score (nSPS) is 10.5. The van der Waals surface area contributed by atoms with Gasteiger partial charge in [0.05, 0.1) is 18.2 Å². The highest BCUT2D eigenvalue weighted by atomic mass is 35.5. The van der Waals surface area contributed by atoms with Gasteiger partial charge >= 0.3 is 0 Å². The van der Waals surface area contributed by atoms with Crippen LogP contribution in [0.15, 0.2) is 42.5 Å². The molecule has 0 fully saturated rings. The first kappa shape index (κ1) is 18.0. The number of benzene rings is 2. The Morgan fingerprint density at radius 2 is 2.04 bits per heavy atom. The first-order valence-electron chi connectivity index (χ1n) is 7.79. The third-order valence-electron chi connectivity index (χ3n) is 3.82. The molecule has 0 aliphatic rings. The van der Waals surface area contributed by atoms with Crippen LogP contribution in [-0.4, -0.2) is 23.9 Å². The molecule has 0 aliphatic heterocycles. The molecule has 0 aromatic heterocycles. The summed E-state index contributed by atoms with van der Waals surface area (Å²) in [5.41, 5.74) is 3.25. The zero-order chi connectivity index (χ0) is 17.5. The molecule has 1 amide bonds. The summed E-state index contributed by atoms with van der Waals surface area (Å²) in [7, 11) is 0. The molecule has 2 aromatic rings. The maximum Gasteiger partial charge on any atom is 0.238 e. The van der Waals surface area contributed by atoms with Crippen LogP contribution in [-0.2, 0) is 11.3 Å². The van der Waals surface area contributed by atoms with Crippen molar-refractivity contribution >= 4 is 23.2 Å². The van der Waals surface area contributed by atoms with Crippen molar-refractivity contribution in [3.05, 3.63) is 64.2 Å². The Morgan fingerprint density at radius 3 is 2.75 bits per heavy atom. The molecule has 0 bridgehead atoms. The van der Waals surface area contributed by atoms with Crippen LogP contribution in [0.25, 0.3) is 0 Å². The number of hydrogen-bond acceptors (Lipinski definition) is 3. The van der Waals surface area contributed by atoms with Gasteiger partial charge in [-0.1, -0.05) is 42.8 Å². The summed E-state index contributed by atoms with van der Waals surface area (Å²) < 4.78 is 0. The van der Waals surface area contributed by atoms with Crippen molar-refractivity contribution < 1.29 is 4.79 Å². The molecule has 124 valence electrons. The summed E-state index contributed by atoms with van der Waals surface area (Å²) in [5, 5.41) is 12.7. The zero-order valence-corrected chi connectivity index (χ0v) is 14.6. The molecule has 0 radical (unpaired) electrons. The predicted molar refractivity (Wildman–Crippen MR) is 96.9 cm³/mol. The van der Waals surface area contributed by atoms with Gasteiger partial charge in [0.15, 0.2) is 0 Å². The highest BCUT2D eigenvalue weighted by Gasteiger charge is 2.13. The molecular formula is C19H20ClN3O. The maximum absolute atomic E-state index is 12.3. The second-order valence-electron chi connectivity index (χ2n) is 5.58. The quantitative estimate of drug-likeness (QED) is 0.864. The van der Waals surface area contributed by atoms with Gasteiger partial charge in [0, 0.05) is 17.3 Å². The Balaban J connectivity index is 2.03. The van der Waals surface area contributed by atoms with Gasteiger partial charge in [-0.15, -0.1) is 0 Å². The van der Waals surface area contributed by atoms with E-state index in [-0.39, 0.29) is 12.5 Å². The summed E-state index contributed by atoms with van der Waals surface area (Å²) >= 11 is 5.98. The number of carbonyl (C=O) groups is 1. The Hall–Kier alpha value is -2.35. The Kier molecular flexibility index (Phi) is 6.36. The van der Waals surface area contributed by atoms with E-state index >= 15 is 0 Å². The number of anilines is 1. The lowest BCUT2D eigenvalue weighted by molar-refractivity contribution is -0.117. The molecule has 0 unspecified atom stereocenters. The SMILES string of the molecule is CCN(CC(=O)Nc1cc(Cl)ccc1C)Cc1ccccc1C#N. The van der Waals surface area contributed by atoms with Gasteiger partial charge in [-0.05, 0) is 42.8 Å². The summed E-state index contributed by atoms with van der Waals surface area (Å²) in [5.74, 6) is -0.100. The minimum Gasteiger partial charge on any atom is -0.325 e. The van der Waals surface area contributed by atoms with E-state index in [0.29, 0.717) is 23.7 Å². The van der Waals surface area contributed by atoms with Gasteiger partial charge in [-0.2, -0.15) is 5.26 Å². The summed E-state index contributed by atoms with van der Waals surface area (Å²) in [6.07, 6.45) is 0.